The van der Waals surface area contributed by atoms with Gasteiger partial charge >= 0.3 is 0 Å². The van der Waals surface area contributed by atoms with Crippen molar-refractivity contribution in [1.29, 1.82) is 0 Å². The fourth-order valence-corrected chi connectivity index (χ4v) is 4.49. The molecule has 0 bridgehead atoms. The Balaban J connectivity index is 1.56. The van der Waals surface area contributed by atoms with Crippen LogP contribution in [-0.2, 0) is 11.3 Å². The average molecular weight is 389 g/mol. The molecule has 1 aromatic rings. The number of nitrogens with zero attached hydrogens (tertiary/aromatic N) is 2. The Morgan fingerprint density at radius 1 is 1.14 bits per heavy atom. The lowest BCUT2D eigenvalue weighted by Gasteiger charge is -2.43. The topological polar surface area (TPSA) is 53.0 Å². The van der Waals surface area contributed by atoms with Crippen molar-refractivity contribution in [2.24, 2.45) is 5.92 Å². The standard InChI is InChI=1S/C23H36N2O3/c1-19-17-25(15-11-23(19,27)12-16-28-2)22(26)21-9-7-20(8-10-21)18-24-13-5-3-4-6-14-24/h7-10,19,27H,3-6,11-18H2,1-2H3/t19-,23-/m1/s1. The monoisotopic (exact) mass is 388 g/mol. The zero-order valence-corrected chi connectivity index (χ0v) is 17.5. The fourth-order valence-electron chi connectivity index (χ4n) is 4.49. The van der Waals surface area contributed by atoms with Crippen LogP contribution in [0.3, 0.4) is 0 Å². The van der Waals surface area contributed by atoms with Gasteiger partial charge in [-0.2, -0.15) is 0 Å². The van der Waals surface area contributed by atoms with Gasteiger partial charge in [-0.25, -0.2) is 0 Å². The predicted molar refractivity (Wildman–Crippen MR) is 111 cm³/mol. The number of carbonyl (C=O) groups excluding carboxylic acids is 1. The molecule has 0 aliphatic carbocycles. The third-order valence-corrected chi connectivity index (χ3v) is 6.56. The van der Waals surface area contributed by atoms with Gasteiger partial charge in [0, 0.05) is 44.8 Å². The highest BCUT2D eigenvalue weighted by Crippen LogP contribution is 2.31. The van der Waals surface area contributed by atoms with Crippen LogP contribution in [0.5, 0.6) is 0 Å². The van der Waals surface area contributed by atoms with Crippen LogP contribution in [0.2, 0.25) is 0 Å². The van der Waals surface area contributed by atoms with E-state index in [2.05, 4.69) is 17.0 Å². The Morgan fingerprint density at radius 3 is 2.43 bits per heavy atom. The van der Waals surface area contributed by atoms with Gasteiger partial charge in [-0.1, -0.05) is 31.9 Å². The first-order chi connectivity index (χ1) is 13.5. The van der Waals surface area contributed by atoms with Crippen molar-refractivity contribution in [3.8, 4) is 0 Å². The van der Waals surface area contributed by atoms with E-state index in [4.69, 9.17) is 4.74 Å². The maximum atomic E-state index is 12.9. The van der Waals surface area contributed by atoms with E-state index in [-0.39, 0.29) is 11.8 Å². The maximum absolute atomic E-state index is 12.9. The molecule has 2 aliphatic heterocycles. The highest BCUT2D eigenvalue weighted by atomic mass is 16.5. The van der Waals surface area contributed by atoms with Crippen molar-refractivity contribution >= 4 is 5.91 Å². The third-order valence-electron chi connectivity index (χ3n) is 6.56. The molecular formula is C23H36N2O3. The van der Waals surface area contributed by atoms with E-state index >= 15 is 0 Å². The van der Waals surface area contributed by atoms with E-state index in [1.165, 1.54) is 44.3 Å². The molecule has 1 N–H and O–H groups in total. The van der Waals surface area contributed by atoms with Crippen molar-refractivity contribution in [2.75, 3.05) is 39.9 Å². The predicted octanol–water partition coefficient (Wildman–Crippen LogP) is 3.31. The minimum absolute atomic E-state index is 0.0441. The molecule has 0 unspecified atom stereocenters. The zero-order chi connectivity index (χ0) is 20.0. The van der Waals surface area contributed by atoms with Crippen LogP contribution in [-0.4, -0.2) is 66.3 Å². The molecule has 5 nitrogen and oxygen atoms in total. The first kappa shape index (κ1) is 21.3. The fraction of sp³-hybridized carbons (Fsp3) is 0.696. The average Bonchev–Trinajstić information content (AvgIpc) is 2.97. The molecule has 3 rings (SSSR count). The van der Waals surface area contributed by atoms with Gasteiger partial charge in [0.05, 0.1) is 5.60 Å². The summed E-state index contributed by atoms with van der Waals surface area (Å²) in [6, 6.07) is 8.12. The van der Waals surface area contributed by atoms with Crippen LogP contribution < -0.4 is 0 Å². The molecule has 0 spiro atoms. The number of methoxy groups -OCH3 is 1. The first-order valence-electron chi connectivity index (χ1n) is 10.8. The van der Waals surface area contributed by atoms with Crippen molar-refractivity contribution in [2.45, 2.75) is 57.6 Å². The second-order valence-electron chi connectivity index (χ2n) is 8.64. The molecule has 156 valence electrons. The normalized spacial score (nSPS) is 26.8. The van der Waals surface area contributed by atoms with Gasteiger partial charge in [-0.05, 0) is 56.5 Å². The van der Waals surface area contributed by atoms with Crippen molar-refractivity contribution in [3.63, 3.8) is 0 Å². The molecule has 0 saturated carbocycles. The van der Waals surface area contributed by atoms with E-state index in [9.17, 15) is 9.90 Å². The molecule has 1 amide bonds. The second kappa shape index (κ2) is 9.86. The number of carbonyl (C=O) groups is 1. The second-order valence-corrected chi connectivity index (χ2v) is 8.64. The number of aliphatic hydroxyl groups is 1. The van der Waals surface area contributed by atoms with Crippen LogP contribution in [0.25, 0.3) is 0 Å². The summed E-state index contributed by atoms with van der Waals surface area (Å²) < 4.78 is 5.13. The summed E-state index contributed by atoms with van der Waals surface area (Å²) >= 11 is 0. The van der Waals surface area contributed by atoms with Gasteiger partial charge in [0.2, 0.25) is 0 Å². The van der Waals surface area contributed by atoms with Gasteiger partial charge in [0.25, 0.3) is 5.91 Å². The maximum Gasteiger partial charge on any atom is 0.253 e. The first-order valence-corrected chi connectivity index (χ1v) is 10.8. The summed E-state index contributed by atoms with van der Waals surface area (Å²) in [5.41, 5.74) is 1.29. The zero-order valence-electron chi connectivity index (χ0n) is 17.5. The summed E-state index contributed by atoms with van der Waals surface area (Å²) in [7, 11) is 1.66. The number of ether oxygens (including phenoxy) is 1. The van der Waals surface area contributed by atoms with Gasteiger partial charge in [-0.3, -0.25) is 9.69 Å². The van der Waals surface area contributed by atoms with Crippen molar-refractivity contribution in [1.82, 2.24) is 9.80 Å². The van der Waals surface area contributed by atoms with E-state index < -0.39 is 5.60 Å². The van der Waals surface area contributed by atoms with Gasteiger partial charge in [-0.15, -0.1) is 0 Å². The number of rotatable bonds is 6. The number of benzene rings is 1. The number of amides is 1. The minimum Gasteiger partial charge on any atom is -0.389 e. The highest BCUT2D eigenvalue weighted by molar-refractivity contribution is 5.94. The molecule has 1 aromatic carbocycles. The van der Waals surface area contributed by atoms with E-state index in [1.54, 1.807) is 7.11 Å². The van der Waals surface area contributed by atoms with Gasteiger partial charge in [0.1, 0.15) is 0 Å². The molecule has 2 saturated heterocycles. The van der Waals surface area contributed by atoms with E-state index in [0.29, 0.717) is 32.5 Å². The van der Waals surface area contributed by atoms with Crippen LogP contribution >= 0.6 is 0 Å². The molecule has 5 heteroatoms. The summed E-state index contributed by atoms with van der Waals surface area (Å²) in [4.78, 5) is 17.3. The smallest absolute Gasteiger partial charge is 0.253 e. The van der Waals surface area contributed by atoms with Crippen molar-refractivity contribution < 1.29 is 14.6 Å². The lowest BCUT2D eigenvalue weighted by molar-refractivity contribution is -0.0750. The summed E-state index contributed by atoms with van der Waals surface area (Å²) in [6.07, 6.45) is 6.51. The molecule has 0 aromatic heterocycles. The van der Waals surface area contributed by atoms with Crippen LogP contribution in [0.15, 0.2) is 24.3 Å². The van der Waals surface area contributed by atoms with Crippen LogP contribution in [0.4, 0.5) is 0 Å². The van der Waals surface area contributed by atoms with Crippen molar-refractivity contribution in [3.05, 3.63) is 35.4 Å². The third kappa shape index (κ3) is 5.34. The Morgan fingerprint density at radius 2 is 1.82 bits per heavy atom. The number of likely N-dealkylation sites (tertiary alicyclic amines) is 2. The number of piperidine rings is 1. The Bertz CT molecular complexity index is 625. The van der Waals surface area contributed by atoms with Crippen LogP contribution in [0.1, 0.15) is 61.4 Å². The highest BCUT2D eigenvalue weighted by Gasteiger charge is 2.39. The number of hydrogen-bond acceptors (Lipinski definition) is 4. The Labute approximate surface area is 169 Å². The SMILES string of the molecule is COCC[C@]1(O)CCN(C(=O)c2ccc(CN3CCCCCC3)cc2)C[C@H]1C. The molecule has 2 atom stereocenters. The molecule has 2 heterocycles. The summed E-state index contributed by atoms with van der Waals surface area (Å²) in [6.45, 7) is 7.10. The quantitative estimate of drug-likeness (QED) is 0.812. The van der Waals surface area contributed by atoms with Gasteiger partial charge in [0.15, 0.2) is 0 Å². The largest absolute Gasteiger partial charge is 0.389 e. The molecule has 28 heavy (non-hydrogen) atoms. The van der Waals surface area contributed by atoms with E-state index in [1.807, 2.05) is 24.0 Å². The summed E-state index contributed by atoms with van der Waals surface area (Å²) in [5.74, 6) is 0.115. The van der Waals surface area contributed by atoms with E-state index in [0.717, 1.165) is 12.1 Å². The number of hydrogen-bond donors (Lipinski definition) is 1. The minimum atomic E-state index is -0.732. The summed E-state index contributed by atoms with van der Waals surface area (Å²) in [5, 5.41) is 10.8. The van der Waals surface area contributed by atoms with Crippen LogP contribution in [0, 0.1) is 5.92 Å². The lowest BCUT2D eigenvalue weighted by atomic mass is 9.79. The van der Waals surface area contributed by atoms with Gasteiger partial charge < -0.3 is 14.7 Å². The molecule has 2 fully saturated rings. The Hall–Kier alpha value is -1.43. The molecular weight excluding hydrogens is 352 g/mol. The molecule has 2 aliphatic rings. The lowest BCUT2D eigenvalue weighted by Crippen LogP contribution is -2.52. The Kier molecular flexibility index (Phi) is 7.49. The molecule has 0 radical (unpaired) electrons.